The molecular formula is C22H17ClF3NO4. The molecule has 0 radical (unpaired) electrons. The number of phenols is 1. The van der Waals surface area contributed by atoms with Crippen molar-refractivity contribution >= 4 is 34.4 Å². The first-order chi connectivity index (χ1) is 14.7. The van der Waals surface area contributed by atoms with E-state index in [1.807, 2.05) is 0 Å². The van der Waals surface area contributed by atoms with E-state index >= 15 is 0 Å². The molecule has 9 heteroatoms. The number of nitrogens with zero attached hydrogens (tertiary/aromatic N) is 1. The summed E-state index contributed by atoms with van der Waals surface area (Å²) in [5, 5.41) is 9.29. The van der Waals surface area contributed by atoms with Crippen molar-refractivity contribution in [2.75, 3.05) is 0 Å². The average molecular weight is 452 g/mol. The van der Waals surface area contributed by atoms with Gasteiger partial charge in [-0.2, -0.15) is 0 Å². The van der Waals surface area contributed by atoms with Crippen molar-refractivity contribution in [1.82, 2.24) is 4.57 Å². The van der Waals surface area contributed by atoms with Gasteiger partial charge >= 0.3 is 5.97 Å². The van der Waals surface area contributed by atoms with Gasteiger partial charge in [0.05, 0.1) is 17.0 Å². The normalized spacial score (nSPS) is 14.0. The zero-order valence-corrected chi connectivity index (χ0v) is 17.1. The lowest BCUT2D eigenvalue weighted by Gasteiger charge is -2.25. The van der Waals surface area contributed by atoms with Crippen LogP contribution in [-0.2, 0) is 16.0 Å². The van der Waals surface area contributed by atoms with E-state index in [9.17, 15) is 27.9 Å². The fourth-order valence-electron chi connectivity index (χ4n) is 3.65. The maximum absolute atomic E-state index is 14.8. The third kappa shape index (κ3) is 3.65. The summed E-state index contributed by atoms with van der Waals surface area (Å²) in [7, 11) is 0. The molecule has 1 aromatic heterocycles. The number of halogens is 4. The summed E-state index contributed by atoms with van der Waals surface area (Å²) in [5.41, 5.74) is -0.0868. The molecule has 0 atom stereocenters. The molecule has 1 fully saturated rings. The highest BCUT2D eigenvalue weighted by Gasteiger charge is 2.29. The molecule has 3 aromatic rings. The molecule has 4 rings (SSSR count). The van der Waals surface area contributed by atoms with Crippen LogP contribution < -0.4 is 0 Å². The molecule has 162 valence electrons. The maximum Gasteiger partial charge on any atom is 0.310 e. The predicted molar refractivity (Wildman–Crippen MR) is 107 cm³/mol. The van der Waals surface area contributed by atoms with Crippen LogP contribution in [0.15, 0.2) is 24.3 Å². The van der Waals surface area contributed by atoms with Gasteiger partial charge < -0.3 is 9.84 Å². The summed E-state index contributed by atoms with van der Waals surface area (Å²) in [6.45, 7) is 1.45. The molecule has 1 aliphatic rings. The van der Waals surface area contributed by atoms with Crippen molar-refractivity contribution in [3.05, 3.63) is 63.6 Å². The van der Waals surface area contributed by atoms with Crippen molar-refractivity contribution in [3.8, 4) is 5.75 Å². The van der Waals surface area contributed by atoms with Crippen LogP contribution in [0, 0.1) is 24.4 Å². The van der Waals surface area contributed by atoms with E-state index in [2.05, 4.69) is 0 Å². The summed E-state index contributed by atoms with van der Waals surface area (Å²) in [5.74, 6) is -6.02. The molecule has 1 saturated carbocycles. The Morgan fingerprint density at radius 2 is 1.90 bits per heavy atom. The summed E-state index contributed by atoms with van der Waals surface area (Å²) in [6, 6.07) is 4.17. The van der Waals surface area contributed by atoms with Crippen LogP contribution in [-0.4, -0.2) is 27.7 Å². The lowest BCUT2D eigenvalue weighted by Crippen LogP contribution is -2.26. The van der Waals surface area contributed by atoms with E-state index < -0.39 is 35.1 Å². The smallest absolute Gasteiger partial charge is 0.310 e. The van der Waals surface area contributed by atoms with Crippen LogP contribution in [0.25, 0.3) is 10.9 Å². The largest absolute Gasteiger partial charge is 0.503 e. The van der Waals surface area contributed by atoms with Gasteiger partial charge in [0.25, 0.3) is 5.91 Å². The van der Waals surface area contributed by atoms with Crippen molar-refractivity contribution in [3.63, 3.8) is 0 Å². The van der Waals surface area contributed by atoms with Crippen LogP contribution in [0.4, 0.5) is 13.2 Å². The number of hydrogen-bond donors (Lipinski definition) is 1. The van der Waals surface area contributed by atoms with E-state index in [0.717, 1.165) is 36.0 Å². The SMILES string of the molecule is Cc1c(CC(=O)OC2CCC2)c2c(F)c(O)c(F)cc2n1C(=O)c1ccc(Cl)c(F)c1. The molecule has 1 heterocycles. The van der Waals surface area contributed by atoms with Crippen molar-refractivity contribution in [1.29, 1.82) is 0 Å². The Kier molecular flexibility index (Phi) is 5.43. The molecule has 0 unspecified atom stereocenters. The molecule has 0 aliphatic heterocycles. The second-order valence-electron chi connectivity index (χ2n) is 7.47. The molecule has 0 amide bonds. The van der Waals surface area contributed by atoms with Crippen LogP contribution in [0.3, 0.4) is 0 Å². The van der Waals surface area contributed by atoms with Crippen LogP contribution in [0.1, 0.15) is 40.9 Å². The lowest BCUT2D eigenvalue weighted by atomic mass is 9.96. The molecule has 0 spiro atoms. The van der Waals surface area contributed by atoms with Gasteiger partial charge in [-0.15, -0.1) is 0 Å². The topological polar surface area (TPSA) is 68.5 Å². The first-order valence-corrected chi connectivity index (χ1v) is 9.97. The number of phenolic OH excluding ortho intramolecular Hbond substituents is 1. The number of ether oxygens (including phenoxy) is 1. The molecule has 1 N–H and O–H groups in total. The average Bonchev–Trinajstić information content (AvgIpc) is 2.96. The van der Waals surface area contributed by atoms with Crippen molar-refractivity contribution in [2.45, 2.75) is 38.7 Å². The standard InChI is InChI=1S/C22H17ClF3NO4/c1-10-13(8-18(28)31-12-3-2-4-12)19-17(9-16(25)21(29)20(19)26)27(10)22(30)11-5-6-14(23)15(24)7-11/h5-7,9,12,29H,2-4,8H2,1H3. The Bertz CT molecular complexity index is 1230. The molecule has 0 saturated heterocycles. The minimum Gasteiger partial charge on any atom is -0.503 e. The number of hydrogen-bond acceptors (Lipinski definition) is 4. The number of fused-ring (bicyclic) bond motifs is 1. The molecule has 5 nitrogen and oxygen atoms in total. The summed E-state index contributed by atoms with van der Waals surface area (Å²) < 4.78 is 49.1. The van der Waals surface area contributed by atoms with E-state index in [1.165, 1.54) is 19.1 Å². The van der Waals surface area contributed by atoms with Gasteiger partial charge in [0.1, 0.15) is 11.9 Å². The van der Waals surface area contributed by atoms with Crippen LogP contribution in [0.2, 0.25) is 5.02 Å². The highest BCUT2D eigenvalue weighted by atomic mass is 35.5. The van der Waals surface area contributed by atoms with Crippen LogP contribution in [0.5, 0.6) is 5.75 Å². The van der Waals surface area contributed by atoms with Gasteiger partial charge in [-0.3, -0.25) is 14.2 Å². The molecule has 31 heavy (non-hydrogen) atoms. The number of esters is 1. The monoisotopic (exact) mass is 451 g/mol. The van der Waals surface area contributed by atoms with E-state index in [4.69, 9.17) is 16.3 Å². The summed E-state index contributed by atoms with van der Waals surface area (Å²) >= 11 is 5.66. The zero-order valence-electron chi connectivity index (χ0n) is 16.3. The van der Waals surface area contributed by atoms with E-state index in [1.54, 1.807) is 0 Å². The Balaban J connectivity index is 1.86. The van der Waals surface area contributed by atoms with Gasteiger partial charge in [-0.25, -0.2) is 13.2 Å². The molecular weight excluding hydrogens is 435 g/mol. The molecule has 0 bridgehead atoms. The summed E-state index contributed by atoms with van der Waals surface area (Å²) in [6.07, 6.45) is 1.86. The van der Waals surface area contributed by atoms with E-state index in [-0.39, 0.29) is 45.3 Å². The second-order valence-corrected chi connectivity index (χ2v) is 7.88. The van der Waals surface area contributed by atoms with Gasteiger partial charge in [0.15, 0.2) is 17.4 Å². The minimum absolute atomic E-state index is 0.0786. The molecule has 2 aromatic carbocycles. The fraction of sp³-hybridized carbons (Fsp3) is 0.273. The number of aromatic nitrogens is 1. The quantitative estimate of drug-likeness (QED) is 0.563. The third-order valence-corrected chi connectivity index (χ3v) is 5.84. The van der Waals surface area contributed by atoms with Gasteiger partial charge in [-0.05, 0) is 49.9 Å². The molecule has 1 aliphatic carbocycles. The number of carbonyl (C=O) groups excluding carboxylic acids is 2. The fourth-order valence-corrected chi connectivity index (χ4v) is 3.77. The number of carbonyl (C=O) groups is 2. The summed E-state index contributed by atoms with van der Waals surface area (Å²) in [4.78, 5) is 25.5. The second kappa shape index (κ2) is 7.92. The Morgan fingerprint density at radius 1 is 1.19 bits per heavy atom. The number of rotatable bonds is 4. The Hall–Kier alpha value is -3.00. The highest BCUT2D eigenvalue weighted by molar-refractivity contribution is 6.30. The Labute approximate surface area is 180 Å². The highest BCUT2D eigenvalue weighted by Crippen LogP contribution is 2.36. The zero-order chi connectivity index (χ0) is 22.4. The first kappa shape index (κ1) is 21.2. The Morgan fingerprint density at radius 3 is 2.52 bits per heavy atom. The number of aromatic hydroxyl groups is 1. The van der Waals surface area contributed by atoms with Crippen LogP contribution >= 0.6 is 11.6 Å². The predicted octanol–water partition coefficient (Wildman–Crippen LogP) is 5.05. The van der Waals surface area contributed by atoms with Gasteiger partial charge in [0.2, 0.25) is 0 Å². The number of benzene rings is 2. The van der Waals surface area contributed by atoms with Gasteiger partial charge in [0, 0.05) is 22.7 Å². The van der Waals surface area contributed by atoms with E-state index in [0.29, 0.717) is 0 Å². The minimum atomic E-state index is -1.29. The first-order valence-electron chi connectivity index (χ1n) is 9.59. The maximum atomic E-state index is 14.8. The third-order valence-electron chi connectivity index (χ3n) is 5.53. The van der Waals surface area contributed by atoms with Gasteiger partial charge in [-0.1, -0.05) is 11.6 Å². The lowest BCUT2D eigenvalue weighted by molar-refractivity contribution is -0.152. The van der Waals surface area contributed by atoms with Crippen molar-refractivity contribution in [2.24, 2.45) is 0 Å². The van der Waals surface area contributed by atoms with Crippen molar-refractivity contribution < 1.29 is 32.6 Å².